The van der Waals surface area contributed by atoms with Crippen molar-refractivity contribution in [3.05, 3.63) is 89.0 Å². The maximum absolute atomic E-state index is 12.1. The van der Waals surface area contributed by atoms with E-state index in [0.717, 1.165) is 22.4 Å². The minimum Gasteiger partial charge on any atom is -0.493 e. The predicted molar refractivity (Wildman–Crippen MR) is 124 cm³/mol. The molecule has 3 aromatic rings. The summed E-state index contributed by atoms with van der Waals surface area (Å²) in [6.07, 6.45) is 4.83. The van der Waals surface area contributed by atoms with Gasteiger partial charge in [0.2, 0.25) is 0 Å². The molecule has 5 nitrogen and oxygen atoms in total. The van der Waals surface area contributed by atoms with E-state index in [1.165, 1.54) is 11.6 Å². The molecule has 3 aromatic carbocycles. The molecule has 0 saturated heterocycles. The molecule has 0 amide bonds. The van der Waals surface area contributed by atoms with Crippen molar-refractivity contribution in [1.29, 1.82) is 0 Å². The smallest absolute Gasteiger partial charge is 0.336 e. The molecule has 0 saturated carbocycles. The molecule has 158 valence electrons. The van der Waals surface area contributed by atoms with Crippen LogP contribution in [0.2, 0.25) is 0 Å². The second-order valence-corrected chi connectivity index (χ2v) is 6.92. The van der Waals surface area contributed by atoms with Gasteiger partial charge < -0.3 is 14.2 Å². The summed E-state index contributed by atoms with van der Waals surface area (Å²) < 4.78 is 15.8. The van der Waals surface area contributed by atoms with E-state index >= 15 is 0 Å². The monoisotopic (exact) mass is 415 g/mol. The Kier molecular flexibility index (Phi) is 7.22. The zero-order valence-corrected chi connectivity index (χ0v) is 18.1. The maximum Gasteiger partial charge on any atom is 0.336 e. The van der Waals surface area contributed by atoms with Crippen molar-refractivity contribution in [1.82, 2.24) is 0 Å². The molecule has 0 bridgehead atoms. The number of benzene rings is 3. The molecule has 0 fully saturated rings. The van der Waals surface area contributed by atoms with Gasteiger partial charge in [0.1, 0.15) is 5.75 Å². The van der Waals surface area contributed by atoms with Gasteiger partial charge in [-0.2, -0.15) is 0 Å². The Bertz CT molecular complexity index is 1110. The van der Waals surface area contributed by atoms with Gasteiger partial charge in [-0.05, 0) is 84.6 Å². The molecule has 0 N–H and O–H groups in total. The number of nitrogens with zero attached hydrogens (tertiary/aromatic N) is 1. The predicted octanol–water partition coefficient (Wildman–Crippen LogP) is 5.69. The van der Waals surface area contributed by atoms with Crippen LogP contribution in [0.25, 0.3) is 6.08 Å². The van der Waals surface area contributed by atoms with Crippen LogP contribution in [0.3, 0.4) is 0 Å². The molecule has 5 heteroatoms. The molecule has 0 spiro atoms. The van der Waals surface area contributed by atoms with E-state index in [2.05, 4.69) is 24.9 Å². The number of methoxy groups -OCH3 is 2. The van der Waals surface area contributed by atoms with Gasteiger partial charge in [0.05, 0.1) is 19.9 Å². The number of esters is 1. The van der Waals surface area contributed by atoms with Crippen molar-refractivity contribution >= 4 is 23.9 Å². The summed E-state index contributed by atoms with van der Waals surface area (Å²) in [6, 6.07) is 18.6. The van der Waals surface area contributed by atoms with Crippen molar-refractivity contribution < 1.29 is 19.0 Å². The van der Waals surface area contributed by atoms with Crippen molar-refractivity contribution in [3.63, 3.8) is 0 Å². The third-order valence-corrected chi connectivity index (χ3v) is 4.85. The second-order valence-electron chi connectivity index (χ2n) is 6.92. The number of ether oxygens (including phenoxy) is 3. The van der Waals surface area contributed by atoms with Crippen molar-refractivity contribution in [2.45, 2.75) is 13.8 Å². The van der Waals surface area contributed by atoms with E-state index < -0.39 is 5.97 Å². The Labute approximate surface area is 182 Å². The normalized spacial score (nSPS) is 11.1. The molecular weight excluding hydrogens is 390 g/mol. The summed E-state index contributed by atoms with van der Waals surface area (Å²) in [5, 5.41) is 0. The van der Waals surface area contributed by atoms with Crippen LogP contribution in [0.5, 0.6) is 17.2 Å². The average Bonchev–Trinajstić information content (AvgIpc) is 2.79. The number of hydrogen-bond donors (Lipinski definition) is 0. The summed E-state index contributed by atoms with van der Waals surface area (Å²) in [7, 11) is 3.14. The van der Waals surface area contributed by atoms with Crippen LogP contribution in [-0.2, 0) is 4.79 Å². The molecule has 0 aliphatic rings. The number of hydrogen-bond acceptors (Lipinski definition) is 5. The van der Waals surface area contributed by atoms with Gasteiger partial charge >= 0.3 is 5.97 Å². The van der Waals surface area contributed by atoms with Gasteiger partial charge in [0.15, 0.2) is 11.5 Å². The van der Waals surface area contributed by atoms with Crippen molar-refractivity contribution in [2.75, 3.05) is 14.2 Å². The molecule has 31 heavy (non-hydrogen) atoms. The lowest BCUT2D eigenvalue weighted by atomic mass is 10.1. The maximum atomic E-state index is 12.1. The van der Waals surface area contributed by atoms with Crippen LogP contribution in [0.1, 0.15) is 22.3 Å². The van der Waals surface area contributed by atoms with Crippen LogP contribution in [0, 0.1) is 13.8 Å². The van der Waals surface area contributed by atoms with E-state index in [9.17, 15) is 4.79 Å². The summed E-state index contributed by atoms with van der Waals surface area (Å²) in [6.45, 7) is 4.12. The molecule has 3 rings (SSSR count). The third kappa shape index (κ3) is 5.82. The first-order valence-corrected chi connectivity index (χ1v) is 9.82. The molecule has 0 aromatic heterocycles. The van der Waals surface area contributed by atoms with Gasteiger partial charge in [0.25, 0.3) is 0 Å². The number of rotatable bonds is 7. The first kappa shape index (κ1) is 21.8. The van der Waals surface area contributed by atoms with Gasteiger partial charge in [-0.15, -0.1) is 0 Å². The fraction of sp³-hybridized carbons (Fsp3) is 0.154. The molecule has 0 aliphatic heterocycles. The van der Waals surface area contributed by atoms with E-state index in [-0.39, 0.29) is 0 Å². The number of carbonyl (C=O) groups is 1. The zero-order valence-electron chi connectivity index (χ0n) is 18.1. The topological polar surface area (TPSA) is 57.1 Å². The largest absolute Gasteiger partial charge is 0.493 e. The molecule has 0 atom stereocenters. The second kappa shape index (κ2) is 10.3. The van der Waals surface area contributed by atoms with E-state index in [1.54, 1.807) is 50.8 Å². The van der Waals surface area contributed by atoms with Crippen molar-refractivity contribution in [3.8, 4) is 17.2 Å². The highest BCUT2D eigenvalue weighted by Gasteiger charge is 2.05. The minimum absolute atomic E-state index is 0.464. The Hall–Kier alpha value is -3.86. The fourth-order valence-electron chi connectivity index (χ4n) is 2.91. The lowest BCUT2D eigenvalue weighted by Crippen LogP contribution is -2.03. The van der Waals surface area contributed by atoms with Gasteiger partial charge in [0, 0.05) is 12.3 Å². The van der Waals surface area contributed by atoms with Crippen LogP contribution in [-0.4, -0.2) is 26.4 Å². The van der Waals surface area contributed by atoms with Crippen molar-refractivity contribution in [2.24, 2.45) is 4.99 Å². The highest BCUT2D eigenvalue weighted by Crippen LogP contribution is 2.28. The number of carbonyl (C=O) groups excluding carboxylic acids is 1. The van der Waals surface area contributed by atoms with Crippen LogP contribution >= 0.6 is 0 Å². The molecule has 0 heterocycles. The fourth-order valence-corrected chi connectivity index (χ4v) is 2.91. The summed E-state index contributed by atoms with van der Waals surface area (Å²) >= 11 is 0. The Morgan fingerprint density at radius 1 is 0.871 bits per heavy atom. The number of aliphatic imine (C=N–C) groups is 1. The number of aryl methyl sites for hydroxylation is 1. The minimum atomic E-state index is -0.466. The summed E-state index contributed by atoms with van der Waals surface area (Å²) in [5.74, 6) is 1.22. The highest BCUT2D eigenvalue weighted by atomic mass is 16.5. The first-order valence-electron chi connectivity index (χ1n) is 9.82. The van der Waals surface area contributed by atoms with Gasteiger partial charge in [-0.3, -0.25) is 4.99 Å². The summed E-state index contributed by atoms with van der Waals surface area (Å²) in [4.78, 5) is 16.7. The lowest BCUT2D eigenvalue weighted by molar-refractivity contribution is -0.128. The Balaban J connectivity index is 1.61. The standard InChI is InChI=1S/C26H25NO4/c1-18-6-5-7-23(19(18)2)27-17-21-8-12-22(13-9-21)31-26(28)15-11-20-10-14-24(29-3)25(16-20)30-4/h5-17H,1-4H3. The molecule has 0 radical (unpaired) electrons. The summed E-state index contributed by atoms with van der Waals surface area (Å²) in [5.41, 5.74) is 5.02. The quantitative estimate of drug-likeness (QED) is 0.215. The average molecular weight is 415 g/mol. The van der Waals surface area contributed by atoms with E-state index in [1.807, 2.05) is 30.3 Å². The SMILES string of the molecule is COc1ccc(C=CC(=O)Oc2ccc(C=Nc3cccc(C)c3C)cc2)cc1OC. The Morgan fingerprint density at radius 2 is 1.58 bits per heavy atom. The molecular formula is C26H25NO4. The third-order valence-electron chi connectivity index (χ3n) is 4.85. The van der Waals surface area contributed by atoms with Crippen LogP contribution in [0.15, 0.2) is 71.7 Å². The van der Waals surface area contributed by atoms with Gasteiger partial charge in [-0.1, -0.05) is 18.2 Å². The molecule has 0 unspecified atom stereocenters. The van der Waals surface area contributed by atoms with Crippen LogP contribution < -0.4 is 14.2 Å². The zero-order chi connectivity index (χ0) is 22.2. The first-order chi connectivity index (χ1) is 15.0. The Morgan fingerprint density at radius 3 is 2.29 bits per heavy atom. The van der Waals surface area contributed by atoms with Gasteiger partial charge in [-0.25, -0.2) is 4.79 Å². The highest BCUT2D eigenvalue weighted by molar-refractivity contribution is 5.89. The molecule has 0 aliphatic carbocycles. The van der Waals surface area contributed by atoms with E-state index in [0.29, 0.717) is 17.2 Å². The van der Waals surface area contributed by atoms with E-state index in [4.69, 9.17) is 14.2 Å². The van der Waals surface area contributed by atoms with Crippen LogP contribution in [0.4, 0.5) is 5.69 Å². The lowest BCUT2D eigenvalue weighted by Gasteiger charge is -2.07.